The lowest BCUT2D eigenvalue weighted by atomic mass is 10.1. The molecule has 0 aliphatic heterocycles. The van der Waals surface area contributed by atoms with E-state index in [2.05, 4.69) is 20.7 Å². The molecule has 0 aliphatic rings. The molecule has 0 saturated heterocycles. The number of amides is 1. The molecule has 7 nitrogen and oxygen atoms in total. The van der Waals surface area contributed by atoms with Gasteiger partial charge in [0.2, 0.25) is 0 Å². The predicted molar refractivity (Wildman–Crippen MR) is 119 cm³/mol. The number of benzene rings is 2. The quantitative estimate of drug-likeness (QED) is 0.412. The number of fused-ring (bicyclic) bond motifs is 1. The third kappa shape index (κ3) is 4.24. The molecule has 0 radical (unpaired) electrons. The summed E-state index contributed by atoms with van der Waals surface area (Å²) < 4.78 is 1.37. The van der Waals surface area contributed by atoms with Crippen LogP contribution in [0.1, 0.15) is 15.9 Å². The third-order valence-corrected chi connectivity index (χ3v) is 4.95. The summed E-state index contributed by atoms with van der Waals surface area (Å²) in [6, 6.07) is 17.3. The van der Waals surface area contributed by atoms with Gasteiger partial charge in [0.1, 0.15) is 5.82 Å². The van der Waals surface area contributed by atoms with E-state index in [0.29, 0.717) is 33.9 Å². The Morgan fingerprint density at radius 1 is 1.13 bits per heavy atom. The van der Waals surface area contributed by atoms with Gasteiger partial charge in [-0.2, -0.15) is 4.68 Å². The van der Waals surface area contributed by atoms with Gasteiger partial charge in [0.15, 0.2) is 4.77 Å². The number of rotatable bonds is 5. The fraction of sp³-hybridized carbons (Fsp3) is 0.0476. The van der Waals surface area contributed by atoms with Gasteiger partial charge in [0.25, 0.3) is 11.5 Å². The maximum atomic E-state index is 12.8. The number of hydrogen-bond acceptors (Lipinski definition) is 5. The standard InChI is InChI=1S/C21H16ClN5O2S/c22-15-7-4-13(5-8-15)12-24-19(28)14-6-9-16-17(11-14)25-21(30)27(20(16)29)26-18-3-1-2-10-23-18/h1-11H,12H2,(H,23,26)(H,24,28)(H,25,30). The predicted octanol–water partition coefficient (Wildman–Crippen LogP) is 3.91. The van der Waals surface area contributed by atoms with E-state index in [1.807, 2.05) is 12.1 Å². The number of carbonyl (C=O) groups is 1. The lowest BCUT2D eigenvalue weighted by Crippen LogP contribution is -2.28. The van der Waals surface area contributed by atoms with Gasteiger partial charge in [-0.1, -0.05) is 29.8 Å². The summed E-state index contributed by atoms with van der Waals surface area (Å²) in [6.45, 7) is 0.361. The molecular formula is C21H16ClN5O2S. The van der Waals surface area contributed by atoms with Gasteiger partial charge in [-0.15, -0.1) is 0 Å². The van der Waals surface area contributed by atoms with Gasteiger partial charge >= 0.3 is 0 Å². The number of aromatic nitrogens is 3. The average Bonchev–Trinajstić information content (AvgIpc) is 2.76. The fourth-order valence-electron chi connectivity index (χ4n) is 2.89. The Labute approximate surface area is 181 Å². The topological polar surface area (TPSA) is 91.8 Å². The molecule has 2 aromatic carbocycles. The maximum Gasteiger partial charge on any atom is 0.281 e. The van der Waals surface area contributed by atoms with Crippen molar-refractivity contribution in [3.63, 3.8) is 0 Å². The van der Waals surface area contributed by atoms with Crippen molar-refractivity contribution in [3.8, 4) is 0 Å². The number of nitrogens with one attached hydrogen (secondary N) is 3. The highest BCUT2D eigenvalue weighted by molar-refractivity contribution is 7.71. The van der Waals surface area contributed by atoms with Crippen LogP contribution >= 0.6 is 23.8 Å². The van der Waals surface area contributed by atoms with E-state index in [9.17, 15) is 9.59 Å². The van der Waals surface area contributed by atoms with Crippen molar-refractivity contribution in [1.82, 2.24) is 20.0 Å². The van der Waals surface area contributed by atoms with Gasteiger partial charge in [-0.3, -0.25) is 15.0 Å². The van der Waals surface area contributed by atoms with Crippen LogP contribution < -0.4 is 16.3 Å². The Bertz CT molecular complexity index is 1330. The zero-order valence-electron chi connectivity index (χ0n) is 15.6. The summed E-state index contributed by atoms with van der Waals surface area (Å²) in [5, 5.41) is 3.87. The van der Waals surface area contributed by atoms with Crippen LogP contribution in [0, 0.1) is 4.77 Å². The smallest absolute Gasteiger partial charge is 0.281 e. The normalized spacial score (nSPS) is 10.7. The Morgan fingerprint density at radius 3 is 2.67 bits per heavy atom. The number of hydrogen-bond donors (Lipinski definition) is 3. The maximum absolute atomic E-state index is 12.8. The molecule has 0 atom stereocenters. The average molecular weight is 438 g/mol. The van der Waals surface area contributed by atoms with Crippen molar-refractivity contribution in [2.75, 3.05) is 5.43 Å². The molecule has 0 fully saturated rings. The first kappa shape index (κ1) is 19.8. The number of anilines is 1. The second-order valence-corrected chi connectivity index (χ2v) is 7.29. The molecule has 0 aliphatic carbocycles. The largest absolute Gasteiger partial charge is 0.348 e. The molecule has 0 bridgehead atoms. The van der Waals surface area contributed by atoms with Crippen LogP contribution in [0.25, 0.3) is 10.9 Å². The van der Waals surface area contributed by atoms with Crippen molar-refractivity contribution in [1.29, 1.82) is 0 Å². The molecule has 0 spiro atoms. The van der Waals surface area contributed by atoms with Gasteiger partial charge in [-0.05, 0) is 60.2 Å². The molecule has 3 N–H and O–H groups in total. The lowest BCUT2D eigenvalue weighted by Gasteiger charge is -2.11. The SMILES string of the molecule is O=C(NCc1ccc(Cl)cc1)c1ccc2c(=O)n(Nc3ccccn3)c(=S)[nH]c2c1. The molecule has 150 valence electrons. The van der Waals surface area contributed by atoms with Crippen molar-refractivity contribution in [2.45, 2.75) is 6.54 Å². The van der Waals surface area contributed by atoms with Crippen molar-refractivity contribution < 1.29 is 4.79 Å². The van der Waals surface area contributed by atoms with E-state index in [1.54, 1.807) is 54.7 Å². The molecule has 9 heteroatoms. The third-order valence-electron chi connectivity index (χ3n) is 4.42. The summed E-state index contributed by atoms with van der Waals surface area (Å²) >= 11 is 11.2. The zero-order valence-corrected chi connectivity index (χ0v) is 17.1. The van der Waals surface area contributed by atoms with Crippen LogP contribution in [0.2, 0.25) is 5.02 Å². The number of pyridine rings is 1. The molecule has 2 heterocycles. The first-order chi connectivity index (χ1) is 14.5. The minimum absolute atomic E-state index is 0.164. The summed E-state index contributed by atoms with van der Waals surface area (Å²) in [6.07, 6.45) is 1.61. The Hall–Kier alpha value is -3.49. The van der Waals surface area contributed by atoms with E-state index in [0.717, 1.165) is 5.56 Å². The van der Waals surface area contributed by atoms with E-state index in [1.165, 1.54) is 4.68 Å². The number of aromatic amines is 1. The summed E-state index contributed by atoms with van der Waals surface area (Å²) in [5.41, 5.74) is 4.36. The second kappa shape index (κ2) is 8.48. The monoisotopic (exact) mass is 437 g/mol. The van der Waals surface area contributed by atoms with Gasteiger partial charge in [0.05, 0.1) is 10.9 Å². The Balaban J connectivity index is 1.59. The zero-order chi connectivity index (χ0) is 21.1. The van der Waals surface area contributed by atoms with Gasteiger partial charge < -0.3 is 10.3 Å². The number of H-pyrrole nitrogens is 1. The van der Waals surface area contributed by atoms with E-state index >= 15 is 0 Å². The van der Waals surface area contributed by atoms with Gasteiger partial charge in [0, 0.05) is 23.3 Å². The lowest BCUT2D eigenvalue weighted by molar-refractivity contribution is 0.0951. The first-order valence-electron chi connectivity index (χ1n) is 9.01. The summed E-state index contributed by atoms with van der Waals surface area (Å²) in [7, 11) is 0. The molecule has 1 amide bonds. The minimum Gasteiger partial charge on any atom is -0.348 e. The fourth-order valence-corrected chi connectivity index (χ4v) is 3.26. The van der Waals surface area contributed by atoms with E-state index < -0.39 is 0 Å². The molecule has 4 aromatic rings. The van der Waals surface area contributed by atoms with Crippen LogP contribution in [-0.2, 0) is 6.54 Å². The Morgan fingerprint density at radius 2 is 1.93 bits per heavy atom. The van der Waals surface area contributed by atoms with Crippen molar-refractivity contribution in [3.05, 3.63) is 98.1 Å². The Kier molecular flexibility index (Phi) is 5.60. The minimum atomic E-state index is -0.340. The number of carbonyl (C=O) groups excluding carboxylic acids is 1. The highest BCUT2D eigenvalue weighted by Gasteiger charge is 2.11. The highest BCUT2D eigenvalue weighted by atomic mass is 35.5. The van der Waals surface area contributed by atoms with E-state index in [4.69, 9.17) is 23.8 Å². The molecule has 4 rings (SSSR count). The molecule has 0 saturated carbocycles. The summed E-state index contributed by atoms with van der Waals surface area (Å²) in [4.78, 5) is 32.5. The molecular weight excluding hydrogens is 422 g/mol. The number of halogens is 1. The van der Waals surface area contributed by atoms with Crippen LogP contribution in [0.15, 0.2) is 71.7 Å². The number of nitrogens with zero attached hydrogens (tertiary/aromatic N) is 2. The second-order valence-electron chi connectivity index (χ2n) is 6.47. The first-order valence-corrected chi connectivity index (χ1v) is 9.80. The molecule has 2 aromatic heterocycles. The van der Waals surface area contributed by atoms with Crippen molar-refractivity contribution in [2.24, 2.45) is 0 Å². The molecule has 0 unspecified atom stereocenters. The van der Waals surface area contributed by atoms with Crippen molar-refractivity contribution >= 4 is 46.4 Å². The van der Waals surface area contributed by atoms with Crippen LogP contribution in [0.4, 0.5) is 5.82 Å². The van der Waals surface area contributed by atoms with Crippen LogP contribution in [-0.4, -0.2) is 20.6 Å². The van der Waals surface area contributed by atoms with Crippen LogP contribution in [0.3, 0.4) is 0 Å². The summed E-state index contributed by atoms with van der Waals surface area (Å²) in [5.74, 6) is 0.221. The van der Waals surface area contributed by atoms with Gasteiger partial charge in [-0.25, -0.2) is 4.98 Å². The molecule has 30 heavy (non-hydrogen) atoms. The highest BCUT2D eigenvalue weighted by Crippen LogP contribution is 2.13. The van der Waals surface area contributed by atoms with Crippen LogP contribution in [0.5, 0.6) is 0 Å². The van der Waals surface area contributed by atoms with E-state index in [-0.39, 0.29) is 16.2 Å².